The highest BCUT2D eigenvalue weighted by Gasteiger charge is 2.60. The number of carbonyl (C=O) groups excluding carboxylic acids is 3. The Bertz CT molecular complexity index is 1450. The molecule has 2 fully saturated rings. The number of aliphatic hydroxyl groups is 5. The molecule has 0 aromatic carbocycles. The second-order valence-corrected chi connectivity index (χ2v) is 24.1. The van der Waals surface area contributed by atoms with E-state index in [1.807, 2.05) is 0 Å². The maximum absolute atomic E-state index is 13.9. The minimum Gasteiger partial charge on any atom is -0.455 e. The predicted octanol–water partition coefficient (Wildman–Crippen LogP) is 15.0. The summed E-state index contributed by atoms with van der Waals surface area (Å²) in [7, 11) is 0. The Labute approximate surface area is 488 Å². The highest BCUT2D eigenvalue weighted by molar-refractivity contribution is 5.71. The van der Waals surface area contributed by atoms with Crippen LogP contribution in [0.2, 0.25) is 0 Å². The maximum Gasteiger partial charge on any atom is 0.306 e. The minimum absolute atomic E-state index is 0.0178. The van der Waals surface area contributed by atoms with Gasteiger partial charge in [0.05, 0.1) is 13.2 Å². The Balaban J connectivity index is 2.11. The smallest absolute Gasteiger partial charge is 0.306 e. The van der Waals surface area contributed by atoms with E-state index in [0.717, 1.165) is 77.0 Å². The average molecular weight is 1140 g/mol. The van der Waals surface area contributed by atoms with Crippen LogP contribution in [0.3, 0.4) is 0 Å². The van der Waals surface area contributed by atoms with Crippen molar-refractivity contribution in [1.82, 2.24) is 0 Å². The lowest BCUT2D eigenvalue weighted by Crippen LogP contribution is -2.65. The lowest BCUT2D eigenvalue weighted by Gasteiger charge is -2.46. The van der Waals surface area contributed by atoms with E-state index in [2.05, 4.69) is 20.8 Å². The summed E-state index contributed by atoms with van der Waals surface area (Å²) >= 11 is 0. The van der Waals surface area contributed by atoms with E-state index >= 15 is 0 Å². The minimum atomic E-state index is -2.38. The van der Waals surface area contributed by atoms with Gasteiger partial charge in [-0.3, -0.25) is 14.4 Å². The first kappa shape index (κ1) is 74.2. The van der Waals surface area contributed by atoms with Crippen LogP contribution in [-0.2, 0) is 42.8 Å². The number of unbranched alkanes of at least 4 members (excludes halogenated alkanes) is 42. The number of hydrogen-bond acceptors (Lipinski definition) is 14. The van der Waals surface area contributed by atoms with Gasteiger partial charge >= 0.3 is 17.9 Å². The first-order chi connectivity index (χ1) is 39.1. The van der Waals surface area contributed by atoms with Crippen molar-refractivity contribution in [3.8, 4) is 0 Å². The number of aliphatic hydroxyl groups excluding tert-OH is 5. The SMILES string of the molecule is CCCCCCCCCCCCCCCCCC(=O)O[C@@H]1[C@@H](OC(=O)CCCCCCCCCCCCCCCCC)[C@@H](O[C@@]2(CO)O[C@H](CO)[C@@H](O)[C@@H]2O)O[C@H](CO)[C@H]1OC(=O)CCCCCCCCCCCCCCCCC. The molecule has 5 N–H and O–H groups in total. The molecule has 2 aliphatic rings. The van der Waals surface area contributed by atoms with Crippen LogP contribution >= 0.6 is 0 Å². The molecule has 0 amide bonds. The number of hydrogen-bond donors (Lipinski definition) is 5. The van der Waals surface area contributed by atoms with Crippen molar-refractivity contribution in [3.05, 3.63) is 0 Å². The summed E-state index contributed by atoms with van der Waals surface area (Å²) in [5, 5.41) is 53.3. The van der Waals surface area contributed by atoms with Crippen molar-refractivity contribution in [2.45, 2.75) is 384 Å². The molecule has 14 heteroatoms. The Morgan fingerprint density at radius 2 is 0.625 bits per heavy atom. The normalized spacial score (nSPS) is 22.9. The molecule has 0 bridgehead atoms. The maximum atomic E-state index is 13.9. The first-order valence-electron chi connectivity index (χ1n) is 33.9. The van der Waals surface area contributed by atoms with Gasteiger partial charge in [-0.05, 0) is 19.3 Å². The van der Waals surface area contributed by atoms with E-state index in [4.69, 9.17) is 28.4 Å². The molecule has 2 aliphatic heterocycles. The number of ether oxygens (including phenoxy) is 6. The highest BCUT2D eigenvalue weighted by atomic mass is 16.8. The molecule has 2 rings (SSSR count). The molecule has 0 saturated carbocycles. The molecule has 0 radical (unpaired) electrons. The lowest BCUT2D eigenvalue weighted by molar-refractivity contribution is -0.384. The summed E-state index contributed by atoms with van der Waals surface area (Å²) in [6.07, 6.45) is 40.2. The third-order valence-corrected chi connectivity index (χ3v) is 16.7. The van der Waals surface area contributed by atoms with E-state index in [9.17, 15) is 39.9 Å². The van der Waals surface area contributed by atoms with E-state index in [-0.39, 0.29) is 19.3 Å². The summed E-state index contributed by atoms with van der Waals surface area (Å²) in [4.78, 5) is 41.5. The molecule has 0 aromatic rings. The Kier molecular flexibility index (Phi) is 46.8. The van der Waals surface area contributed by atoms with Gasteiger partial charge in [0.1, 0.15) is 31.0 Å². The summed E-state index contributed by atoms with van der Waals surface area (Å²) < 4.78 is 36.4. The quantitative estimate of drug-likeness (QED) is 0.0218. The van der Waals surface area contributed by atoms with Gasteiger partial charge < -0.3 is 54.0 Å². The van der Waals surface area contributed by atoms with Gasteiger partial charge in [0.2, 0.25) is 12.1 Å². The fourth-order valence-electron chi connectivity index (χ4n) is 11.5. The lowest BCUT2D eigenvalue weighted by atomic mass is 9.97. The fourth-order valence-corrected chi connectivity index (χ4v) is 11.5. The zero-order chi connectivity index (χ0) is 58.2. The molecule has 0 aliphatic carbocycles. The van der Waals surface area contributed by atoms with Crippen LogP contribution in [0.4, 0.5) is 0 Å². The van der Waals surface area contributed by atoms with Crippen LogP contribution in [0.5, 0.6) is 0 Å². The Hall–Kier alpha value is -1.91. The monoisotopic (exact) mass is 1140 g/mol. The summed E-state index contributed by atoms with van der Waals surface area (Å²) in [5.74, 6) is -4.25. The van der Waals surface area contributed by atoms with Crippen molar-refractivity contribution in [2.75, 3.05) is 19.8 Å². The van der Waals surface area contributed by atoms with Gasteiger partial charge in [0.15, 0.2) is 18.3 Å². The van der Waals surface area contributed by atoms with Crippen LogP contribution in [0, 0.1) is 0 Å². The van der Waals surface area contributed by atoms with Crippen LogP contribution in [0.1, 0.15) is 329 Å². The molecule has 472 valence electrons. The molecule has 0 unspecified atom stereocenters. The van der Waals surface area contributed by atoms with Crippen molar-refractivity contribution >= 4 is 17.9 Å². The van der Waals surface area contributed by atoms with Crippen molar-refractivity contribution in [2.24, 2.45) is 0 Å². The van der Waals surface area contributed by atoms with Crippen molar-refractivity contribution in [1.29, 1.82) is 0 Å². The van der Waals surface area contributed by atoms with Gasteiger partial charge in [-0.15, -0.1) is 0 Å². The second-order valence-electron chi connectivity index (χ2n) is 24.1. The molecule has 2 heterocycles. The zero-order valence-electron chi connectivity index (χ0n) is 51.6. The zero-order valence-corrected chi connectivity index (χ0v) is 51.6. The number of rotatable bonds is 56. The van der Waals surface area contributed by atoms with Gasteiger partial charge in [-0.1, -0.05) is 290 Å². The molecule has 9 atom stereocenters. The van der Waals surface area contributed by atoms with Crippen LogP contribution < -0.4 is 0 Å². The van der Waals surface area contributed by atoms with Gasteiger partial charge in [-0.25, -0.2) is 0 Å². The summed E-state index contributed by atoms with van der Waals surface area (Å²) in [5.41, 5.74) is 0. The van der Waals surface area contributed by atoms with E-state index < -0.39 is 92.5 Å². The summed E-state index contributed by atoms with van der Waals surface area (Å²) in [6, 6.07) is 0. The first-order valence-corrected chi connectivity index (χ1v) is 33.9. The van der Waals surface area contributed by atoms with Crippen LogP contribution in [0.25, 0.3) is 0 Å². The molecule has 14 nitrogen and oxygen atoms in total. The molecular weight excluding hydrogens is 1020 g/mol. The van der Waals surface area contributed by atoms with Crippen molar-refractivity contribution in [3.63, 3.8) is 0 Å². The molecular formula is C66H124O14. The molecule has 0 aromatic heterocycles. The largest absolute Gasteiger partial charge is 0.455 e. The topological polar surface area (TPSA) is 208 Å². The Morgan fingerprint density at radius 3 is 0.887 bits per heavy atom. The Morgan fingerprint density at radius 1 is 0.362 bits per heavy atom. The summed E-state index contributed by atoms with van der Waals surface area (Å²) in [6.45, 7) is 4.27. The number of carbonyl (C=O) groups is 3. The van der Waals surface area contributed by atoms with Gasteiger partial charge in [0.25, 0.3) is 0 Å². The fraction of sp³-hybridized carbons (Fsp3) is 0.955. The third kappa shape index (κ3) is 34.1. The predicted molar refractivity (Wildman–Crippen MR) is 319 cm³/mol. The average Bonchev–Trinajstić information content (AvgIpc) is 3.70. The molecule has 80 heavy (non-hydrogen) atoms. The molecule has 2 saturated heterocycles. The van der Waals surface area contributed by atoms with Crippen LogP contribution in [0.15, 0.2) is 0 Å². The van der Waals surface area contributed by atoms with Gasteiger partial charge in [0, 0.05) is 19.3 Å². The van der Waals surface area contributed by atoms with E-state index in [0.29, 0.717) is 19.3 Å². The molecule has 0 spiro atoms. The second kappa shape index (κ2) is 50.4. The van der Waals surface area contributed by atoms with Gasteiger partial charge in [-0.2, -0.15) is 0 Å². The van der Waals surface area contributed by atoms with Crippen molar-refractivity contribution < 1.29 is 68.3 Å². The van der Waals surface area contributed by atoms with E-state index in [1.165, 1.54) is 193 Å². The highest BCUT2D eigenvalue weighted by Crippen LogP contribution is 2.38. The van der Waals surface area contributed by atoms with E-state index in [1.54, 1.807) is 0 Å². The number of esters is 3. The third-order valence-electron chi connectivity index (χ3n) is 16.7. The standard InChI is InChI=1S/C66H124O14/c1-4-7-10-13-16-19-22-25-28-31-34-37-40-43-46-49-57(70)76-61-56(53-68)75-65(80-66(54-69)64(74)60(73)55(52-67)79-66)63(78-59(72)51-48-45-42-39-36-33-30-27-24-21-18-15-12-9-6-3)62(61)77-58(71)50-47-44-41-38-35-32-29-26-23-20-17-14-11-8-5-2/h55-56,60-65,67-69,73-74H,4-54H2,1-3H3/t55-,56-,60-,61-,62+,63-,64+,65-,66-/m1/s1. The van der Waals surface area contributed by atoms with Crippen LogP contribution in [-0.4, -0.2) is 118 Å².